The molecule has 0 saturated heterocycles. The van der Waals surface area contributed by atoms with E-state index in [2.05, 4.69) is 25.9 Å². The monoisotopic (exact) mass is 326 g/mol. The molecule has 0 fully saturated rings. The summed E-state index contributed by atoms with van der Waals surface area (Å²) in [6, 6.07) is 4.82. The highest BCUT2D eigenvalue weighted by atomic mass is 79.9. The van der Waals surface area contributed by atoms with E-state index in [0.29, 0.717) is 16.0 Å². The minimum Gasteiger partial charge on any atom is -0.342 e. The molecule has 2 aromatic rings. The van der Waals surface area contributed by atoms with E-state index < -0.39 is 0 Å². The average molecular weight is 327 g/mol. The second-order valence-electron chi connectivity index (χ2n) is 4.05. The Morgan fingerprint density at radius 3 is 2.72 bits per heavy atom. The average Bonchev–Trinajstić information content (AvgIpc) is 2.31. The van der Waals surface area contributed by atoms with Crippen molar-refractivity contribution in [2.24, 2.45) is 0 Å². The second kappa shape index (κ2) is 5.28. The van der Waals surface area contributed by atoms with Gasteiger partial charge in [0.25, 0.3) is 0 Å². The molecule has 0 unspecified atom stereocenters. The minimum absolute atomic E-state index is 0.271. The summed E-state index contributed by atoms with van der Waals surface area (Å²) in [4.78, 5) is 7.46. The first-order chi connectivity index (χ1) is 8.51. The molecule has 2 nitrogen and oxygen atoms in total. The summed E-state index contributed by atoms with van der Waals surface area (Å²) in [7, 11) is 0. The number of rotatable bonds is 2. The van der Waals surface area contributed by atoms with Gasteiger partial charge in [-0.15, -0.1) is 0 Å². The van der Waals surface area contributed by atoms with Crippen molar-refractivity contribution in [3.05, 3.63) is 44.4 Å². The topological polar surface area (TPSA) is 28.7 Å². The number of H-pyrrole nitrogens is 1. The summed E-state index contributed by atoms with van der Waals surface area (Å²) in [5, 5.41) is 0. The largest absolute Gasteiger partial charge is 0.342 e. The predicted octanol–water partition coefficient (Wildman–Crippen LogP) is 4.58. The molecule has 1 aromatic heterocycles. The van der Waals surface area contributed by atoms with Crippen LogP contribution >= 0.6 is 28.1 Å². The third kappa shape index (κ3) is 2.67. The molecule has 0 atom stereocenters. The number of aryl methyl sites for hydroxylation is 2. The highest BCUT2D eigenvalue weighted by molar-refractivity contribution is 9.10. The van der Waals surface area contributed by atoms with E-state index in [9.17, 15) is 4.39 Å². The number of halogens is 2. The highest BCUT2D eigenvalue weighted by Crippen LogP contribution is 2.23. The second-order valence-corrected chi connectivity index (χ2v) is 5.23. The Bertz CT molecular complexity index is 632. The van der Waals surface area contributed by atoms with Gasteiger partial charge in [-0.2, -0.15) is 0 Å². The molecule has 0 aliphatic rings. The Labute approximate surface area is 118 Å². The van der Waals surface area contributed by atoms with Crippen LogP contribution < -0.4 is 0 Å². The van der Waals surface area contributed by atoms with E-state index in [1.165, 1.54) is 12.1 Å². The van der Waals surface area contributed by atoms with Crippen LogP contribution in [0.5, 0.6) is 0 Å². The molecular weight excluding hydrogens is 315 g/mol. The van der Waals surface area contributed by atoms with Crippen LogP contribution in [-0.2, 0) is 6.42 Å². The van der Waals surface area contributed by atoms with E-state index in [1.54, 1.807) is 0 Å². The van der Waals surface area contributed by atoms with E-state index in [1.807, 2.05) is 19.9 Å². The molecule has 0 bridgehead atoms. The lowest BCUT2D eigenvalue weighted by Gasteiger charge is -2.08. The van der Waals surface area contributed by atoms with Crippen LogP contribution in [0.3, 0.4) is 0 Å². The van der Waals surface area contributed by atoms with Gasteiger partial charge in [0, 0.05) is 11.3 Å². The zero-order valence-electron chi connectivity index (χ0n) is 10.1. The van der Waals surface area contributed by atoms with Crippen molar-refractivity contribution in [2.45, 2.75) is 20.3 Å². The molecular formula is C13H12BrFN2S. The number of nitrogens with one attached hydrogen (secondary N) is 1. The summed E-state index contributed by atoms with van der Waals surface area (Å²) >= 11 is 8.59. The molecule has 1 aromatic carbocycles. The molecule has 0 saturated carbocycles. The SMILES string of the molecule is CCc1[nH]c(-c2cc(C)cc(F)c2)nc(=S)c1Br. The van der Waals surface area contributed by atoms with Crippen molar-refractivity contribution in [1.29, 1.82) is 0 Å². The van der Waals surface area contributed by atoms with Gasteiger partial charge in [-0.05, 0) is 53.0 Å². The van der Waals surface area contributed by atoms with Crippen LogP contribution in [0.25, 0.3) is 11.4 Å². The van der Waals surface area contributed by atoms with Gasteiger partial charge in [0.1, 0.15) is 16.3 Å². The van der Waals surface area contributed by atoms with Gasteiger partial charge in [-0.25, -0.2) is 9.37 Å². The van der Waals surface area contributed by atoms with Crippen molar-refractivity contribution < 1.29 is 4.39 Å². The molecule has 2 rings (SSSR count). The lowest BCUT2D eigenvalue weighted by molar-refractivity contribution is 0.627. The number of aromatic amines is 1. The summed E-state index contributed by atoms with van der Waals surface area (Å²) in [6.45, 7) is 3.87. The van der Waals surface area contributed by atoms with Crippen LogP contribution in [0.2, 0.25) is 0 Å². The standard InChI is InChI=1S/C13H12BrFN2S/c1-3-10-11(14)13(18)17-12(16-10)8-4-7(2)5-9(15)6-8/h4-6H,3H2,1-2H3,(H,16,17,18). The van der Waals surface area contributed by atoms with E-state index >= 15 is 0 Å². The van der Waals surface area contributed by atoms with Gasteiger partial charge in [0.2, 0.25) is 0 Å². The maximum atomic E-state index is 13.4. The normalized spacial score (nSPS) is 10.7. The summed E-state index contributed by atoms with van der Waals surface area (Å²) in [5.41, 5.74) is 2.53. The van der Waals surface area contributed by atoms with Crippen LogP contribution in [0, 0.1) is 17.4 Å². The molecule has 0 aliphatic carbocycles. The summed E-state index contributed by atoms with van der Waals surface area (Å²) < 4.78 is 14.7. The Balaban J connectivity index is 2.64. The van der Waals surface area contributed by atoms with Crippen molar-refractivity contribution in [1.82, 2.24) is 9.97 Å². The molecule has 0 amide bonds. The van der Waals surface area contributed by atoms with E-state index in [4.69, 9.17) is 12.2 Å². The number of hydrogen-bond acceptors (Lipinski definition) is 2. The molecule has 5 heteroatoms. The summed E-state index contributed by atoms with van der Waals surface area (Å²) in [5.74, 6) is 0.328. The fourth-order valence-corrected chi connectivity index (χ4v) is 2.44. The first-order valence-corrected chi connectivity index (χ1v) is 6.77. The molecule has 1 N–H and O–H groups in total. The molecule has 0 radical (unpaired) electrons. The van der Waals surface area contributed by atoms with Gasteiger partial charge in [0.15, 0.2) is 0 Å². The molecule has 18 heavy (non-hydrogen) atoms. The molecule has 1 heterocycles. The number of benzene rings is 1. The first-order valence-electron chi connectivity index (χ1n) is 5.57. The van der Waals surface area contributed by atoms with E-state index in [0.717, 1.165) is 22.2 Å². The van der Waals surface area contributed by atoms with Crippen LogP contribution in [0.1, 0.15) is 18.2 Å². The highest BCUT2D eigenvalue weighted by Gasteiger charge is 2.08. The third-order valence-electron chi connectivity index (χ3n) is 2.60. The van der Waals surface area contributed by atoms with Crippen molar-refractivity contribution in [2.75, 3.05) is 0 Å². The van der Waals surface area contributed by atoms with Gasteiger partial charge >= 0.3 is 0 Å². The molecule has 0 spiro atoms. The fraction of sp³-hybridized carbons (Fsp3) is 0.231. The maximum absolute atomic E-state index is 13.4. The van der Waals surface area contributed by atoms with Crippen molar-refractivity contribution in [3.63, 3.8) is 0 Å². The van der Waals surface area contributed by atoms with E-state index in [-0.39, 0.29) is 5.82 Å². The Morgan fingerprint density at radius 1 is 1.39 bits per heavy atom. The van der Waals surface area contributed by atoms with Crippen LogP contribution in [-0.4, -0.2) is 9.97 Å². The molecule has 94 valence electrons. The smallest absolute Gasteiger partial charge is 0.144 e. The predicted molar refractivity (Wildman–Crippen MR) is 76.6 cm³/mol. The fourth-order valence-electron chi connectivity index (χ4n) is 1.76. The zero-order valence-corrected chi connectivity index (χ0v) is 12.5. The lowest BCUT2D eigenvalue weighted by Crippen LogP contribution is -1.98. The number of aromatic nitrogens is 2. The van der Waals surface area contributed by atoms with Crippen molar-refractivity contribution in [3.8, 4) is 11.4 Å². The Hall–Kier alpha value is -1.07. The van der Waals surface area contributed by atoms with Gasteiger partial charge in [-0.3, -0.25) is 0 Å². The summed E-state index contributed by atoms with van der Waals surface area (Å²) in [6.07, 6.45) is 0.800. The van der Waals surface area contributed by atoms with Crippen LogP contribution in [0.15, 0.2) is 22.7 Å². The Morgan fingerprint density at radius 2 is 2.11 bits per heavy atom. The van der Waals surface area contributed by atoms with Gasteiger partial charge in [0.05, 0.1) is 4.47 Å². The van der Waals surface area contributed by atoms with Gasteiger partial charge in [-0.1, -0.05) is 19.1 Å². The van der Waals surface area contributed by atoms with Crippen LogP contribution in [0.4, 0.5) is 4.39 Å². The Kier molecular flexibility index (Phi) is 3.92. The number of nitrogens with zero attached hydrogens (tertiary/aromatic N) is 1. The first kappa shape index (κ1) is 13.4. The van der Waals surface area contributed by atoms with Crippen molar-refractivity contribution >= 4 is 28.1 Å². The van der Waals surface area contributed by atoms with Gasteiger partial charge < -0.3 is 4.98 Å². The number of hydrogen-bond donors (Lipinski definition) is 1. The minimum atomic E-state index is -0.271. The lowest BCUT2D eigenvalue weighted by atomic mass is 10.1. The zero-order chi connectivity index (χ0) is 13.3. The maximum Gasteiger partial charge on any atom is 0.144 e. The quantitative estimate of drug-likeness (QED) is 0.818. The third-order valence-corrected chi connectivity index (χ3v) is 4.02. The molecule has 0 aliphatic heterocycles.